The monoisotopic (exact) mass is 362 g/mol. The molecule has 1 aromatic carbocycles. The highest BCUT2D eigenvalue weighted by Gasteiger charge is 2.37. The van der Waals surface area contributed by atoms with E-state index in [4.69, 9.17) is 0 Å². The van der Waals surface area contributed by atoms with E-state index in [-0.39, 0.29) is 17.1 Å². The van der Waals surface area contributed by atoms with Crippen molar-refractivity contribution in [1.29, 1.82) is 0 Å². The van der Waals surface area contributed by atoms with Crippen molar-refractivity contribution in [2.75, 3.05) is 19.6 Å². The van der Waals surface area contributed by atoms with Crippen LogP contribution in [0.25, 0.3) is 0 Å². The molecule has 2 atom stereocenters. The Morgan fingerprint density at radius 1 is 1.32 bits per heavy atom. The summed E-state index contributed by atoms with van der Waals surface area (Å²) < 4.78 is 29.2. The van der Waals surface area contributed by atoms with Gasteiger partial charge in [-0.3, -0.25) is 4.90 Å². The topological polar surface area (TPSA) is 58.4 Å². The predicted molar refractivity (Wildman–Crippen MR) is 97.6 cm³/mol. The number of nitrogens with zero attached hydrogens (tertiary/aromatic N) is 4. The van der Waals surface area contributed by atoms with Crippen molar-refractivity contribution in [2.45, 2.75) is 37.4 Å². The molecule has 0 amide bonds. The standard InChI is InChI=1S/C18H26N4O2S/c1-4-22(25(23,24)18-13-20(3)14-19-18)17-10-11-21(12-17)15(2)16-8-6-5-7-9-16/h5-9,13-15,17H,4,10-12H2,1-3H3/t15-,17-/m0/s1. The maximum atomic E-state index is 12.9. The van der Waals surface area contributed by atoms with Gasteiger partial charge in [0.05, 0.1) is 6.33 Å². The Hall–Kier alpha value is -1.70. The van der Waals surface area contributed by atoms with E-state index in [9.17, 15) is 8.42 Å². The van der Waals surface area contributed by atoms with Crippen LogP contribution in [0.2, 0.25) is 0 Å². The first-order chi connectivity index (χ1) is 11.9. The van der Waals surface area contributed by atoms with Crippen molar-refractivity contribution in [3.8, 4) is 0 Å². The fourth-order valence-corrected chi connectivity index (χ4v) is 5.19. The van der Waals surface area contributed by atoms with Crippen molar-refractivity contribution in [1.82, 2.24) is 18.8 Å². The molecule has 1 aliphatic heterocycles. The third kappa shape index (κ3) is 3.63. The zero-order valence-electron chi connectivity index (χ0n) is 15.0. The van der Waals surface area contributed by atoms with Crippen molar-refractivity contribution < 1.29 is 8.42 Å². The normalized spacial score (nSPS) is 20.2. The lowest BCUT2D eigenvalue weighted by Gasteiger charge is -2.28. The third-order valence-electron chi connectivity index (χ3n) is 5.00. The van der Waals surface area contributed by atoms with Crippen LogP contribution in [-0.4, -0.2) is 52.9 Å². The quantitative estimate of drug-likeness (QED) is 0.791. The average molecular weight is 362 g/mol. The number of likely N-dealkylation sites (tertiary alicyclic amines) is 1. The molecule has 0 radical (unpaired) electrons. The summed E-state index contributed by atoms with van der Waals surface area (Å²) in [5.41, 5.74) is 1.26. The van der Waals surface area contributed by atoms with Gasteiger partial charge in [-0.15, -0.1) is 0 Å². The van der Waals surface area contributed by atoms with Crippen LogP contribution in [-0.2, 0) is 17.1 Å². The van der Waals surface area contributed by atoms with E-state index in [1.165, 1.54) is 11.9 Å². The number of hydrogen-bond acceptors (Lipinski definition) is 4. The summed E-state index contributed by atoms with van der Waals surface area (Å²) in [7, 11) is -1.77. The summed E-state index contributed by atoms with van der Waals surface area (Å²) >= 11 is 0. The van der Waals surface area contributed by atoms with Crippen LogP contribution in [0, 0.1) is 0 Å². The van der Waals surface area contributed by atoms with Crippen LogP contribution < -0.4 is 0 Å². The van der Waals surface area contributed by atoms with Crippen LogP contribution in [0.4, 0.5) is 0 Å². The van der Waals surface area contributed by atoms with Crippen LogP contribution in [0.5, 0.6) is 0 Å². The van der Waals surface area contributed by atoms with Gasteiger partial charge in [0.15, 0.2) is 5.03 Å². The molecule has 1 aromatic heterocycles. The highest BCUT2D eigenvalue weighted by atomic mass is 32.2. The van der Waals surface area contributed by atoms with Gasteiger partial charge in [-0.2, -0.15) is 4.31 Å². The van der Waals surface area contributed by atoms with Crippen LogP contribution in [0.1, 0.15) is 31.9 Å². The molecule has 1 saturated heterocycles. The molecule has 0 N–H and O–H groups in total. The van der Waals surface area contributed by atoms with Crippen LogP contribution >= 0.6 is 0 Å². The van der Waals surface area contributed by atoms with E-state index in [1.54, 1.807) is 22.1 Å². The lowest BCUT2D eigenvalue weighted by Crippen LogP contribution is -2.42. The molecule has 3 rings (SSSR count). The summed E-state index contributed by atoms with van der Waals surface area (Å²) in [5.74, 6) is 0. The minimum atomic E-state index is -3.55. The number of likely N-dealkylation sites (N-methyl/N-ethyl adjacent to an activating group) is 1. The molecule has 0 aliphatic carbocycles. The fraction of sp³-hybridized carbons (Fsp3) is 0.500. The average Bonchev–Trinajstić information content (AvgIpc) is 3.25. The number of aryl methyl sites for hydroxylation is 1. The third-order valence-corrected chi connectivity index (χ3v) is 6.91. The summed E-state index contributed by atoms with van der Waals surface area (Å²) in [6.07, 6.45) is 3.94. The van der Waals surface area contributed by atoms with E-state index in [0.29, 0.717) is 6.54 Å². The molecule has 1 aliphatic rings. The van der Waals surface area contributed by atoms with E-state index in [1.807, 2.05) is 25.1 Å². The first kappa shape index (κ1) is 18.1. The molecule has 7 heteroatoms. The second-order valence-electron chi connectivity index (χ2n) is 6.61. The number of aromatic nitrogens is 2. The minimum absolute atomic E-state index is 0.0110. The molecular weight excluding hydrogens is 336 g/mol. The Morgan fingerprint density at radius 2 is 2.04 bits per heavy atom. The van der Waals surface area contributed by atoms with Crippen molar-refractivity contribution in [3.63, 3.8) is 0 Å². The lowest BCUT2D eigenvalue weighted by atomic mass is 10.1. The maximum Gasteiger partial charge on any atom is 0.262 e. The van der Waals surface area contributed by atoms with Gasteiger partial charge in [0.2, 0.25) is 0 Å². The molecule has 25 heavy (non-hydrogen) atoms. The van der Waals surface area contributed by atoms with Crippen molar-refractivity contribution in [3.05, 3.63) is 48.4 Å². The molecule has 0 saturated carbocycles. The maximum absolute atomic E-state index is 12.9. The van der Waals surface area contributed by atoms with Crippen LogP contribution in [0.3, 0.4) is 0 Å². The van der Waals surface area contributed by atoms with E-state index >= 15 is 0 Å². The van der Waals surface area contributed by atoms with Gasteiger partial charge in [-0.05, 0) is 18.9 Å². The summed E-state index contributed by atoms with van der Waals surface area (Å²) in [5, 5.41) is 0.131. The SMILES string of the molecule is CCN([C@H]1CCN([C@@H](C)c2ccccc2)C1)S(=O)(=O)c1cn(C)cn1. The number of hydrogen-bond donors (Lipinski definition) is 0. The van der Waals surface area contributed by atoms with Gasteiger partial charge in [0, 0.05) is 45.0 Å². The summed E-state index contributed by atoms with van der Waals surface area (Å²) in [4.78, 5) is 6.41. The molecule has 1 fully saturated rings. The van der Waals surface area contributed by atoms with E-state index < -0.39 is 10.0 Å². The Labute approximate surface area is 150 Å². The second kappa shape index (κ2) is 7.27. The Balaban J connectivity index is 1.75. The highest BCUT2D eigenvalue weighted by Crippen LogP contribution is 2.28. The summed E-state index contributed by atoms with van der Waals surface area (Å²) in [6, 6.07) is 10.6. The molecule has 2 aromatic rings. The summed E-state index contributed by atoms with van der Waals surface area (Å²) in [6.45, 7) is 6.17. The molecular formula is C18H26N4O2S. The van der Waals surface area contributed by atoms with Gasteiger partial charge in [-0.1, -0.05) is 37.3 Å². The first-order valence-electron chi connectivity index (χ1n) is 8.72. The van der Waals surface area contributed by atoms with E-state index in [0.717, 1.165) is 19.5 Å². The molecule has 6 nitrogen and oxygen atoms in total. The zero-order valence-corrected chi connectivity index (χ0v) is 15.9. The number of imidazole rings is 1. The van der Waals surface area contributed by atoms with Gasteiger partial charge in [0.25, 0.3) is 10.0 Å². The number of benzene rings is 1. The molecule has 0 bridgehead atoms. The largest absolute Gasteiger partial charge is 0.339 e. The minimum Gasteiger partial charge on any atom is -0.339 e. The molecule has 0 unspecified atom stereocenters. The Kier molecular flexibility index (Phi) is 5.27. The van der Waals surface area contributed by atoms with Crippen molar-refractivity contribution in [2.24, 2.45) is 7.05 Å². The van der Waals surface area contributed by atoms with Gasteiger partial charge >= 0.3 is 0 Å². The molecule has 136 valence electrons. The fourth-order valence-electron chi connectivity index (χ4n) is 3.56. The van der Waals surface area contributed by atoms with Gasteiger partial charge < -0.3 is 4.57 Å². The van der Waals surface area contributed by atoms with Gasteiger partial charge in [0.1, 0.15) is 0 Å². The first-order valence-corrected chi connectivity index (χ1v) is 10.2. The zero-order chi connectivity index (χ0) is 18.0. The van der Waals surface area contributed by atoms with Crippen molar-refractivity contribution >= 4 is 10.0 Å². The molecule has 0 spiro atoms. The van der Waals surface area contributed by atoms with E-state index in [2.05, 4.69) is 28.9 Å². The van der Waals surface area contributed by atoms with Gasteiger partial charge in [-0.25, -0.2) is 13.4 Å². The second-order valence-corrected chi connectivity index (χ2v) is 8.45. The number of sulfonamides is 1. The Morgan fingerprint density at radius 3 is 2.64 bits per heavy atom. The molecule has 2 heterocycles. The smallest absolute Gasteiger partial charge is 0.262 e. The highest BCUT2D eigenvalue weighted by molar-refractivity contribution is 7.89. The Bertz CT molecular complexity index is 803. The number of rotatable bonds is 6. The lowest BCUT2D eigenvalue weighted by molar-refractivity contribution is 0.239. The van der Waals surface area contributed by atoms with Crippen LogP contribution in [0.15, 0.2) is 47.9 Å². The predicted octanol–water partition coefficient (Wildman–Crippen LogP) is 2.27.